The zero-order chi connectivity index (χ0) is 33.7. The topological polar surface area (TPSA) is 63.3 Å². The Balaban J connectivity index is 0.000000367. The summed E-state index contributed by atoms with van der Waals surface area (Å²) in [7, 11) is 0. The van der Waals surface area contributed by atoms with Gasteiger partial charge < -0.3 is 14.5 Å². The van der Waals surface area contributed by atoms with Crippen LogP contribution in [0.4, 0.5) is 0 Å². The van der Waals surface area contributed by atoms with Crippen molar-refractivity contribution in [2.75, 3.05) is 0 Å². The average molecular weight is 811 g/mol. The van der Waals surface area contributed by atoms with E-state index >= 15 is 0 Å². The molecule has 0 aliphatic carbocycles. The molecule has 1 radical (unpaired) electrons. The molecule has 253 valence electrons. The minimum Gasteiger partial charge on any atom is -0.512 e. The Morgan fingerprint density at radius 2 is 1.49 bits per heavy atom. The van der Waals surface area contributed by atoms with Crippen molar-refractivity contribution in [1.29, 1.82) is 0 Å². The predicted molar refractivity (Wildman–Crippen MR) is 195 cm³/mol. The number of hydrogen-bond acceptors (Lipinski definition) is 4. The molecular weight excluding hydrogens is 759 g/mol. The van der Waals surface area contributed by atoms with E-state index in [0.29, 0.717) is 42.4 Å². The van der Waals surface area contributed by atoms with Gasteiger partial charge in [0.1, 0.15) is 5.58 Å². The van der Waals surface area contributed by atoms with Crippen molar-refractivity contribution in [2.24, 2.45) is 17.8 Å². The molecule has 0 aliphatic heterocycles. The van der Waals surface area contributed by atoms with E-state index in [1.165, 1.54) is 33.5 Å². The van der Waals surface area contributed by atoms with Gasteiger partial charge in [0, 0.05) is 50.6 Å². The van der Waals surface area contributed by atoms with Crippen molar-refractivity contribution in [1.82, 2.24) is 4.98 Å². The minimum absolute atomic E-state index is 0. The molecule has 5 rings (SSSR count). The number of aromatic nitrogens is 1. The van der Waals surface area contributed by atoms with E-state index in [4.69, 9.17) is 9.40 Å². The van der Waals surface area contributed by atoms with Crippen LogP contribution in [0.1, 0.15) is 111 Å². The number of aliphatic hydroxyl groups excluding tert-OH is 1. The molecule has 5 heteroatoms. The average Bonchev–Trinajstić information content (AvgIpc) is 3.33. The van der Waals surface area contributed by atoms with Gasteiger partial charge >= 0.3 is 0 Å². The maximum absolute atomic E-state index is 11.2. The summed E-state index contributed by atoms with van der Waals surface area (Å²) in [6.07, 6.45) is 5.60. The van der Waals surface area contributed by atoms with E-state index in [-0.39, 0.29) is 31.6 Å². The maximum atomic E-state index is 11.2. The first-order valence-corrected chi connectivity index (χ1v) is 17.0. The summed E-state index contributed by atoms with van der Waals surface area (Å²) in [6.45, 7) is 21.5. The van der Waals surface area contributed by atoms with E-state index in [0.717, 1.165) is 39.6 Å². The third-order valence-electron chi connectivity index (χ3n) is 8.09. The summed E-state index contributed by atoms with van der Waals surface area (Å²) < 4.78 is 6.40. The van der Waals surface area contributed by atoms with Gasteiger partial charge in [-0.15, -0.1) is 17.7 Å². The van der Waals surface area contributed by atoms with Crippen molar-refractivity contribution in [3.05, 3.63) is 89.3 Å². The van der Waals surface area contributed by atoms with Crippen molar-refractivity contribution < 1.29 is 34.4 Å². The van der Waals surface area contributed by atoms with Gasteiger partial charge in [-0.25, -0.2) is 0 Å². The third kappa shape index (κ3) is 9.64. The molecule has 0 saturated heterocycles. The Morgan fingerprint density at radius 3 is 2.11 bits per heavy atom. The van der Waals surface area contributed by atoms with E-state index in [2.05, 4.69) is 90.2 Å². The largest absolute Gasteiger partial charge is 0.512 e. The number of pyridine rings is 1. The number of furan rings is 1. The number of para-hydroxylation sites is 1. The second-order valence-electron chi connectivity index (χ2n) is 14.6. The number of allylic oxidation sites excluding steroid dienone is 2. The molecule has 0 amide bonds. The number of carbonyl (C=O) groups is 1. The standard InChI is InChI=1S/C31H32NO.C11H20O2.Ir/c1-18(2)13-21-11-12-24-25(14-21)28(20(5)6)17-32-30(24)27-16-22(19(3)4)15-26-23-9-7-8-10-29(23)33-31(26)27;1-8(2)5-10(12)7-11(13)6-9(3)4;/h7-12,14-15,17-20H,13H2,1-6H3;7-9,12H,5-6H2,1-4H3;/q-1;;/b;10-7-;. The first-order valence-electron chi connectivity index (χ1n) is 17.0. The first-order chi connectivity index (χ1) is 21.7. The second-order valence-corrected chi connectivity index (χ2v) is 14.6. The number of hydrogen-bond donors (Lipinski definition) is 1. The Hall–Kier alpha value is -3.27. The summed E-state index contributed by atoms with van der Waals surface area (Å²) in [5.74, 6) is 2.37. The molecular formula is C42H52IrNO3-. The van der Waals surface area contributed by atoms with Gasteiger partial charge in [0.2, 0.25) is 0 Å². The Morgan fingerprint density at radius 1 is 0.809 bits per heavy atom. The SMILES string of the molecule is CC(C)CC(=O)/C=C(\O)CC(C)C.CC(C)Cc1ccc2c(-c3[c-]c(C(C)C)cc4c3oc3ccccc34)ncc(C(C)C)c2c1.[Ir]. The summed E-state index contributed by atoms with van der Waals surface area (Å²) in [5, 5.41) is 14.1. The zero-order valence-corrected chi connectivity index (χ0v) is 32.2. The number of ketones is 1. The molecule has 47 heavy (non-hydrogen) atoms. The monoisotopic (exact) mass is 811 g/mol. The van der Waals surface area contributed by atoms with Crippen LogP contribution in [0.5, 0.6) is 0 Å². The predicted octanol–water partition coefficient (Wildman–Crippen LogP) is 12.1. The van der Waals surface area contributed by atoms with Gasteiger partial charge in [-0.2, -0.15) is 0 Å². The van der Waals surface area contributed by atoms with Crippen molar-refractivity contribution in [3.63, 3.8) is 0 Å². The van der Waals surface area contributed by atoms with Crippen LogP contribution in [0.15, 0.2) is 71.0 Å². The molecule has 0 spiro atoms. The number of fused-ring (bicyclic) bond motifs is 4. The number of rotatable bonds is 10. The van der Waals surface area contributed by atoms with E-state index in [1.54, 1.807) is 0 Å². The van der Waals surface area contributed by atoms with Crippen molar-refractivity contribution in [3.8, 4) is 11.3 Å². The minimum atomic E-state index is 0. The van der Waals surface area contributed by atoms with E-state index < -0.39 is 0 Å². The van der Waals surface area contributed by atoms with Crippen LogP contribution in [0.25, 0.3) is 44.0 Å². The van der Waals surface area contributed by atoms with Crippen molar-refractivity contribution >= 4 is 38.5 Å². The molecule has 2 heterocycles. The van der Waals surface area contributed by atoms with Gasteiger partial charge in [0.25, 0.3) is 0 Å². The number of nitrogens with zero attached hydrogens (tertiary/aromatic N) is 1. The van der Waals surface area contributed by atoms with Crippen LogP contribution in [-0.4, -0.2) is 15.9 Å². The van der Waals surface area contributed by atoms with Gasteiger partial charge in [-0.1, -0.05) is 117 Å². The second kappa shape index (κ2) is 16.7. The summed E-state index contributed by atoms with van der Waals surface area (Å²) in [4.78, 5) is 16.2. The molecule has 2 aromatic heterocycles. The van der Waals surface area contributed by atoms with Gasteiger partial charge in [-0.3, -0.25) is 4.79 Å². The molecule has 0 saturated carbocycles. The van der Waals surface area contributed by atoms with Crippen LogP contribution in [0.2, 0.25) is 0 Å². The molecule has 0 fully saturated rings. The summed E-state index contributed by atoms with van der Waals surface area (Å²) in [5.41, 5.74) is 7.55. The smallest absolute Gasteiger partial charge is 0.159 e. The first kappa shape index (κ1) is 38.2. The molecule has 0 aliphatic rings. The molecule has 0 bridgehead atoms. The van der Waals surface area contributed by atoms with E-state index in [1.807, 2.05) is 39.8 Å². The van der Waals surface area contributed by atoms with Crippen molar-refractivity contribution in [2.45, 2.75) is 100 Å². The fraction of sp³-hybridized carbons (Fsp3) is 0.429. The van der Waals surface area contributed by atoms with Crippen LogP contribution in [0.3, 0.4) is 0 Å². The van der Waals surface area contributed by atoms with Crippen LogP contribution >= 0.6 is 0 Å². The molecule has 0 unspecified atom stereocenters. The number of benzene rings is 3. The van der Waals surface area contributed by atoms with Crippen LogP contribution < -0.4 is 0 Å². The summed E-state index contributed by atoms with van der Waals surface area (Å²) >= 11 is 0. The fourth-order valence-electron chi connectivity index (χ4n) is 5.96. The Kier molecular flexibility index (Phi) is 13.6. The van der Waals surface area contributed by atoms with Crippen LogP contribution in [-0.2, 0) is 31.3 Å². The number of carbonyl (C=O) groups excluding carboxylic acids is 1. The maximum Gasteiger partial charge on any atom is 0.159 e. The Bertz CT molecular complexity index is 1840. The molecule has 1 N–H and O–H groups in total. The fourth-order valence-corrected chi connectivity index (χ4v) is 5.96. The Labute approximate surface area is 295 Å². The van der Waals surface area contributed by atoms with E-state index in [9.17, 15) is 9.90 Å². The van der Waals surface area contributed by atoms with Gasteiger partial charge in [0.15, 0.2) is 5.78 Å². The number of aliphatic hydroxyl groups is 1. The molecule has 5 aromatic rings. The molecule has 4 nitrogen and oxygen atoms in total. The van der Waals surface area contributed by atoms with Crippen LogP contribution in [0, 0.1) is 23.8 Å². The zero-order valence-electron chi connectivity index (χ0n) is 29.8. The molecule has 3 aromatic carbocycles. The summed E-state index contributed by atoms with van der Waals surface area (Å²) in [6, 6.07) is 21.1. The third-order valence-corrected chi connectivity index (χ3v) is 8.09. The molecule has 0 atom stereocenters. The van der Waals surface area contributed by atoms with Gasteiger partial charge in [0.05, 0.1) is 11.3 Å². The normalized spacial score (nSPS) is 12.1. The quantitative estimate of drug-likeness (QED) is 0.0867. The van der Waals surface area contributed by atoms with Gasteiger partial charge in [-0.05, 0) is 69.7 Å².